The lowest BCUT2D eigenvalue weighted by Gasteiger charge is -2.19. The SMILES string of the molecule is COCC(CCCN)Nc1ccc(OCC(F)(F)F)cc1. The number of hydrogen-bond donors (Lipinski definition) is 2. The van der Waals surface area contributed by atoms with Crippen molar-refractivity contribution in [1.82, 2.24) is 0 Å². The number of halogens is 3. The van der Waals surface area contributed by atoms with Gasteiger partial charge in [0.25, 0.3) is 0 Å². The molecule has 1 unspecified atom stereocenters. The van der Waals surface area contributed by atoms with E-state index in [9.17, 15) is 13.2 Å². The van der Waals surface area contributed by atoms with Crippen molar-refractivity contribution in [2.24, 2.45) is 5.73 Å². The second-order valence-electron chi connectivity index (χ2n) is 4.66. The zero-order chi connectivity index (χ0) is 15.7. The van der Waals surface area contributed by atoms with Gasteiger partial charge < -0.3 is 20.5 Å². The topological polar surface area (TPSA) is 56.5 Å². The van der Waals surface area contributed by atoms with Gasteiger partial charge in [-0.3, -0.25) is 0 Å². The van der Waals surface area contributed by atoms with Crippen LogP contribution in [-0.4, -0.2) is 39.1 Å². The summed E-state index contributed by atoms with van der Waals surface area (Å²) >= 11 is 0. The Labute approximate surface area is 122 Å². The van der Waals surface area contributed by atoms with Crippen LogP contribution in [0.5, 0.6) is 5.75 Å². The van der Waals surface area contributed by atoms with Gasteiger partial charge >= 0.3 is 6.18 Å². The van der Waals surface area contributed by atoms with Crippen LogP contribution >= 0.6 is 0 Å². The Bertz CT molecular complexity index is 396. The smallest absolute Gasteiger partial charge is 0.422 e. The molecule has 1 aromatic carbocycles. The zero-order valence-corrected chi connectivity index (χ0v) is 12.0. The number of benzene rings is 1. The molecule has 0 amide bonds. The molecule has 1 rings (SSSR count). The van der Waals surface area contributed by atoms with E-state index in [-0.39, 0.29) is 11.8 Å². The number of alkyl halides is 3. The molecule has 0 fully saturated rings. The molecule has 0 bridgehead atoms. The molecule has 0 heterocycles. The van der Waals surface area contributed by atoms with Crippen LogP contribution in [0.1, 0.15) is 12.8 Å². The summed E-state index contributed by atoms with van der Waals surface area (Å²) in [6.45, 7) is -0.152. The van der Waals surface area contributed by atoms with Crippen LogP contribution in [0.15, 0.2) is 24.3 Å². The van der Waals surface area contributed by atoms with Gasteiger partial charge in [0.15, 0.2) is 6.61 Å². The first-order valence-electron chi connectivity index (χ1n) is 6.70. The normalized spacial score (nSPS) is 13.0. The summed E-state index contributed by atoms with van der Waals surface area (Å²) < 4.78 is 45.9. The second-order valence-corrected chi connectivity index (χ2v) is 4.66. The number of rotatable bonds is 9. The van der Waals surface area contributed by atoms with E-state index in [1.54, 1.807) is 19.2 Å². The number of methoxy groups -OCH3 is 1. The van der Waals surface area contributed by atoms with Gasteiger partial charge in [-0.2, -0.15) is 13.2 Å². The number of hydrogen-bond acceptors (Lipinski definition) is 4. The van der Waals surface area contributed by atoms with Crippen LogP contribution in [0, 0.1) is 0 Å². The first kappa shape index (κ1) is 17.6. The standard InChI is InChI=1S/C14H21F3N2O2/c1-20-9-12(3-2-8-18)19-11-4-6-13(7-5-11)21-10-14(15,16)17/h4-7,12,19H,2-3,8-10,18H2,1H3. The minimum Gasteiger partial charge on any atom is -0.484 e. The van der Waals surface area contributed by atoms with Crippen LogP contribution in [-0.2, 0) is 4.74 Å². The van der Waals surface area contributed by atoms with Crippen molar-refractivity contribution in [3.05, 3.63) is 24.3 Å². The first-order valence-corrected chi connectivity index (χ1v) is 6.70. The van der Waals surface area contributed by atoms with Crippen LogP contribution in [0.2, 0.25) is 0 Å². The predicted molar refractivity (Wildman–Crippen MR) is 75.6 cm³/mol. The van der Waals surface area contributed by atoms with Crippen molar-refractivity contribution < 1.29 is 22.6 Å². The molecule has 1 atom stereocenters. The average Bonchev–Trinajstić information content (AvgIpc) is 2.43. The van der Waals surface area contributed by atoms with Crippen LogP contribution in [0.4, 0.5) is 18.9 Å². The summed E-state index contributed by atoms with van der Waals surface area (Å²) in [5.41, 5.74) is 6.28. The minimum atomic E-state index is -4.33. The minimum absolute atomic E-state index is 0.112. The monoisotopic (exact) mass is 306 g/mol. The maximum absolute atomic E-state index is 12.0. The van der Waals surface area contributed by atoms with Crippen molar-refractivity contribution in [3.63, 3.8) is 0 Å². The molecule has 0 aliphatic rings. The summed E-state index contributed by atoms with van der Waals surface area (Å²) in [4.78, 5) is 0. The molecule has 120 valence electrons. The van der Waals surface area contributed by atoms with Crippen molar-refractivity contribution in [2.45, 2.75) is 25.1 Å². The van der Waals surface area contributed by atoms with Gasteiger partial charge in [0, 0.05) is 18.8 Å². The van der Waals surface area contributed by atoms with Crippen LogP contribution < -0.4 is 15.8 Å². The second kappa shape index (κ2) is 8.74. The molecule has 0 aliphatic carbocycles. The molecule has 0 spiro atoms. The van der Waals surface area contributed by atoms with Gasteiger partial charge in [-0.25, -0.2) is 0 Å². The van der Waals surface area contributed by atoms with Crippen LogP contribution in [0.25, 0.3) is 0 Å². The third-order valence-electron chi connectivity index (χ3n) is 2.75. The lowest BCUT2D eigenvalue weighted by atomic mass is 10.1. The largest absolute Gasteiger partial charge is 0.484 e. The Kier molecular flexibility index (Phi) is 7.31. The highest BCUT2D eigenvalue weighted by Crippen LogP contribution is 2.21. The Morgan fingerprint density at radius 2 is 1.90 bits per heavy atom. The highest BCUT2D eigenvalue weighted by Gasteiger charge is 2.28. The molecular weight excluding hydrogens is 285 g/mol. The average molecular weight is 306 g/mol. The van der Waals surface area contributed by atoms with Crippen molar-refractivity contribution >= 4 is 5.69 Å². The van der Waals surface area contributed by atoms with E-state index in [1.165, 1.54) is 12.1 Å². The Morgan fingerprint density at radius 1 is 1.24 bits per heavy atom. The van der Waals surface area contributed by atoms with E-state index in [2.05, 4.69) is 10.1 Å². The van der Waals surface area contributed by atoms with Gasteiger partial charge in [0.2, 0.25) is 0 Å². The summed E-state index contributed by atoms with van der Waals surface area (Å²) in [6, 6.07) is 6.47. The quantitative estimate of drug-likeness (QED) is 0.736. The molecule has 21 heavy (non-hydrogen) atoms. The molecule has 3 N–H and O–H groups in total. The first-order chi connectivity index (χ1) is 9.94. The fraction of sp³-hybridized carbons (Fsp3) is 0.571. The van der Waals surface area contributed by atoms with Crippen LogP contribution in [0.3, 0.4) is 0 Å². The van der Waals surface area contributed by atoms with Crippen molar-refractivity contribution in [1.29, 1.82) is 0 Å². The highest BCUT2D eigenvalue weighted by molar-refractivity contribution is 5.47. The van der Waals surface area contributed by atoms with Crippen molar-refractivity contribution in [2.75, 3.05) is 32.2 Å². The number of ether oxygens (including phenoxy) is 2. The van der Waals surface area contributed by atoms with Gasteiger partial charge in [0.05, 0.1) is 6.61 Å². The van der Waals surface area contributed by atoms with E-state index < -0.39 is 12.8 Å². The lowest BCUT2D eigenvalue weighted by Crippen LogP contribution is -2.25. The zero-order valence-electron chi connectivity index (χ0n) is 12.0. The third kappa shape index (κ3) is 7.77. The maximum atomic E-state index is 12.0. The summed E-state index contributed by atoms with van der Waals surface area (Å²) in [5.74, 6) is 0.183. The molecule has 0 saturated carbocycles. The number of nitrogens with two attached hydrogens (primary N) is 1. The predicted octanol–water partition coefficient (Wildman–Crippen LogP) is 2.79. The Balaban J connectivity index is 2.51. The molecule has 7 heteroatoms. The van der Waals surface area contributed by atoms with Gasteiger partial charge in [-0.1, -0.05) is 0 Å². The number of nitrogens with one attached hydrogen (secondary N) is 1. The Morgan fingerprint density at radius 3 is 2.43 bits per heavy atom. The van der Waals surface area contributed by atoms with Gasteiger partial charge in [-0.05, 0) is 43.7 Å². The third-order valence-corrected chi connectivity index (χ3v) is 2.75. The molecule has 0 aliphatic heterocycles. The van der Waals surface area contributed by atoms with E-state index >= 15 is 0 Å². The molecule has 0 saturated heterocycles. The molecule has 4 nitrogen and oxygen atoms in total. The van der Waals surface area contributed by atoms with E-state index in [0.29, 0.717) is 13.2 Å². The fourth-order valence-electron chi connectivity index (χ4n) is 1.81. The van der Waals surface area contributed by atoms with Gasteiger partial charge in [0.1, 0.15) is 5.75 Å². The van der Waals surface area contributed by atoms with E-state index in [4.69, 9.17) is 10.5 Å². The summed E-state index contributed by atoms with van der Waals surface area (Å²) in [5, 5.41) is 3.26. The molecule has 1 aromatic rings. The van der Waals surface area contributed by atoms with Gasteiger partial charge in [-0.15, -0.1) is 0 Å². The highest BCUT2D eigenvalue weighted by atomic mass is 19.4. The molecule has 0 radical (unpaired) electrons. The number of anilines is 1. The molecule has 0 aromatic heterocycles. The van der Waals surface area contributed by atoms with E-state index in [0.717, 1.165) is 18.5 Å². The summed E-state index contributed by atoms with van der Waals surface area (Å²) in [7, 11) is 1.62. The fourth-order valence-corrected chi connectivity index (χ4v) is 1.81. The summed E-state index contributed by atoms with van der Waals surface area (Å²) in [6.07, 6.45) is -2.60. The lowest BCUT2D eigenvalue weighted by molar-refractivity contribution is -0.153. The Hall–Kier alpha value is -1.47. The van der Waals surface area contributed by atoms with E-state index in [1.807, 2.05) is 0 Å². The molecular formula is C14H21F3N2O2. The maximum Gasteiger partial charge on any atom is 0.422 e. The van der Waals surface area contributed by atoms with Crippen molar-refractivity contribution in [3.8, 4) is 5.75 Å².